The van der Waals surface area contributed by atoms with Crippen LogP contribution >= 0.6 is 0 Å². The zero-order valence-electron chi connectivity index (χ0n) is 11.2. The molecule has 3 nitrogen and oxygen atoms in total. The Kier molecular flexibility index (Phi) is 3.41. The number of Topliss-reactive ketones (excluding diaryl/α,β-unsaturated/α-hetero) is 1. The van der Waals surface area contributed by atoms with E-state index in [9.17, 15) is 4.79 Å². The standard InChI is InChI=1S/C15H18O3/c1-9(2)10-5-6-13(16)12-8-15(18-4)14(17-3)7-11(10)12/h5,7-9H,6H2,1-4H3. The van der Waals surface area contributed by atoms with Crippen molar-refractivity contribution in [3.05, 3.63) is 29.3 Å². The lowest BCUT2D eigenvalue weighted by atomic mass is 9.84. The van der Waals surface area contributed by atoms with Gasteiger partial charge in [-0.2, -0.15) is 0 Å². The zero-order chi connectivity index (χ0) is 13.3. The molecule has 0 atom stereocenters. The summed E-state index contributed by atoms with van der Waals surface area (Å²) in [5.41, 5.74) is 2.91. The van der Waals surface area contributed by atoms with Gasteiger partial charge in [0.2, 0.25) is 0 Å². The zero-order valence-corrected chi connectivity index (χ0v) is 11.2. The average molecular weight is 246 g/mol. The summed E-state index contributed by atoms with van der Waals surface area (Å²) in [5, 5.41) is 0. The van der Waals surface area contributed by atoms with Gasteiger partial charge in [0.15, 0.2) is 17.3 Å². The first kappa shape index (κ1) is 12.7. The molecule has 0 fully saturated rings. The number of rotatable bonds is 3. The molecule has 1 aromatic rings. The lowest BCUT2D eigenvalue weighted by molar-refractivity contribution is 0.0993. The Labute approximate surface area is 107 Å². The number of methoxy groups -OCH3 is 2. The normalized spacial score (nSPS) is 14.3. The smallest absolute Gasteiger partial charge is 0.167 e. The predicted molar refractivity (Wildman–Crippen MR) is 71.3 cm³/mol. The minimum absolute atomic E-state index is 0.135. The highest BCUT2D eigenvalue weighted by atomic mass is 16.5. The van der Waals surface area contributed by atoms with Gasteiger partial charge in [-0.1, -0.05) is 19.9 Å². The number of hydrogen-bond acceptors (Lipinski definition) is 3. The van der Waals surface area contributed by atoms with Gasteiger partial charge in [-0.15, -0.1) is 0 Å². The summed E-state index contributed by atoms with van der Waals surface area (Å²) in [5.74, 6) is 1.79. The molecular weight excluding hydrogens is 228 g/mol. The summed E-state index contributed by atoms with van der Waals surface area (Å²) in [6, 6.07) is 3.68. The Morgan fingerprint density at radius 1 is 1.06 bits per heavy atom. The molecule has 0 heterocycles. The van der Waals surface area contributed by atoms with Crippen molar-refractivity contribution in [3.8, 4) is 11.5 Å². The van der Waals surface area contributed by atoms with E-state index >= 15 is 0 Å². The second kappa shape index (κ2) is 4.84. The van der Waals surface area contributed by atoms with Gasteiger partial charge >= 0.3 is 0 Å². The maximum Gasteiger partial charge on any atom is 0.167 e. The Hall–Kier alpha value is -1.77. The molecule has 0 unspecified atom stereocenters. The lowest BCUT2D eigenvalue weighted by Gasteiger charge is -2.21. The molecule has 0 spiro atoms. The highest BCUT2D eigenvalue weighted by molar-refractivity contribution is 6.05. The molecule has 0 N–H and O–H groups in total. The predicted octanol–water partition coefficient (Wildman–Crippen LogP) is 3.33. The summed E-state index contributed by atoms with van der Waals surface area (Å²) in [6.45, 7) is 4.25. The van der Waals surface area contributed by atoms with Crippen LogP contribution in [0, 0.1) is 5.92 Å². The third-order valence-electron chi connectivity index (χ3n) is 3.26. The SMILES string of the molecule is COc1cc2c(cc1OC)C(C(C)C)=CCC2=O. The summed E-state index contributed by atoms with van der Waals surface area (Å²) in [4.78, 5) is 12.0. The van der Waals surface area contributed by atoms with Crippen LogP contribution in [0.5, 0.6) is 11.5 Å². The van der Waals surface area contributed by atoms with Crippen molar-refractivity contribution in [3.63, 3.8) is 0 Å². The molecule has 0 bridgehead atoms. The molecule has 0 amide bonds. The van der Waals surface area contributed by atoms with Gasteiger partial charge in [0, 0.05) is 12.0 Å². The van der Waals surface area contributed by atoms with Crippen molar-refractivity contribution in [1.82, 2.24) is 0 Å². The molecule has 18 heavy (non-hydrogen) atoms. The van der Waals surface area contributed by atoms with Crippen molar-refractivity contribution < 1.29 is 14.3 Å². The van der Waals surface area contributed by atoms with Crippen LogP contribution in [0.25, 0.3) is 5.57 Å². The summed E-state index contributed by atoms with van der Waals surface area (Å²) in [6.07, 6.45) is 2.48. The van der Waals surface area contributed by atoms with Crippen LogP contribution < -0.4 is 9.47 Å². The van der Waals surface area contributed by atoms with Crippen LogP contribution in [0.4, 0.5) is 0 Å². The van der Waals surface area contributed by atoms with E-state index in [1.165, 1.54) is 5.57 Å². The fourth-order valence-corrected chi connectivity index (χ4v) is 2.32. The van der Waals surface area contributed by atoms with E-state index in [-0.39, 0.29) is 5.78 Å². The quantitative estimate of drug-likeness (QED) is 0.820. The van der Waals surface area contributed by atoms with Gasteiger partial charge in [-0.05, 0) is 29.2 Å². The third-order valence-corrected chi connectivity index (χ3v) is 3.26. The topological polar surface area (TPSA) is 35.5 Å². The minimum Gasteiger partial charge on any atom is -0.493 e. The first-order valence-corrected chi connectivity index (χ1v) is 6.08. The van der Waals surface area contributed by atoms with Gasteiger partial charge in [0.25, 0.3) is 0 Å². The number of carbonyl (C=O) groups excluding carboxylic acids is 1. The number of ketones is 1. The molecule has 0 saturated heterocycles. The first-order valence-electron chi connectivity index (χ1n) is 6.08. The molecule has 2 rings (SSSR count). The highest BCUT2D eigenvalue weighted by Gasteiger charge is 2.23. The number of allylic oxidation sites excluding steroid dienone is 2. The minimum atomic E-state index is 0.135. The number of ether oxygens (including phenoxy) is 2. The third kappa shape index (κ3) is 2.01. The van der Waals surface area contributed by atoms with Crippen LogP contribution in [0.15, 0.2) is 18.2 Å². The lowest BCUT2D eigenvalue weighted by Crippen LogP contribution is -2.11. The van der Waals surface area contributed by atoms with Crippen molar-refractivity contribution >= 4 is 11.4 Å². The van der Waals surface area contributed by atoms with Gasteiger partial charge in [0.1, 0.15) is 0 Å². The maximum atomic E-state index is 12.0. The van der Waals surface area contributed by atoms with E-state index in [4.69, 9.17) is 9.47 Å². The molecule has 0 saturated carbocycles. The van der Waals surface area contributed by atoms with E-state index in [0.29, 0.717) is 23.8 Å². The van der Waals surface area contributed by atoms with Crippen LogP contribution in [-0.2, 0) is 0 Å². The monoisotopic (exact) mass is 246 g/mol. The number of carbonyl (C=O) groups is 1. The van der Waals surface area contributed by atoms with Crippen molar-refractivity contribution in [1.29, 1.82) is 0 Å². The van der Waals surface area contributed by atoms with E-state index < -0.39 is 0 Å². The van der Waals surface area contributed by atoms with E-state index in [2.05, 4.69) is 13.8 Å². The fraction of sp³-hybridized carbons (Fsp3) is 0.400. The number of hydrogen-bond donors (Lipinski definition) is 0. The Bertz CT molecular complexity index is 513. The van der Waals surface area contributed by atoms with Crippen LogP contribution in [0.3, 0.4) is 0 Å². The van der Waals surface area contributed by atoms with Crippen LogP contribution in [-0.4, -0.2) is 20.0 Å². The second-order valence-corrected chi connectivity index (χ2v) is 4.69. The van der Waals surface area contributed by atoms with E-state index in [1.807, 2.05) is 12.1 Å². The van der Waals surface area contributed by atoms with E-state index in [1.54, 1.807) is 20.3 Å². The van der Waals surface area contributed by atoms with Crippen LogP contribution in [0.1, 0.15) is 36.2 Å². The fourth-order valence-electron chi connectivity index (χ4n) is 2.32. The number of benzene rings is 1. The molecular formula is C15H18O3. The van der Waals surface area contributed by atoms with Gasteiger partial charge in [-0.3, -0.25) is 4.79 Å². The largest absolute Gasteiger partial charge is 0.493 e. The van der Waals surface area contributed by atoms with Crippen LogP contribution in [0.2, 0.25) is 0 Å². The molecule has 1 aliphatic carbocycles. The molecule has 1 aliphatic rings. The number of fused-ring (bicyclic) bond motifs is 1. The van der Waals surface area contributed by atoms with E-state index in [0.717, 1.165) is 11.1 Å². The molecule has 1 aromatic carbocycles. The molecule has 0 radical (unpaired) electrons. The average Bonchev–Trinajstić information content (AvgIpc) is 2.37. The summed E-state index contributed by atoms with van der Waals surface area (Å²) < 4.78 is 10.6. The Morgan fingerprint density at radius 2 is 1.61 bits per heavy atom. The molecule has 3 heteroatoms. The Morgan fingerprint density at radius 3 is 2.11 bits per heavy atom. The maximum absolute atomic E-state index is 12.0. The highest BCUT2D eigenvalue weighted by Crippen LogP contribution is 2.38. The summed E-state index contributed by atoms with van der Waals surface area (Å²) >= 11 is 0. The van der Waals surface area contributed by atoms with Gasteiger partial charge in [-0.25, -0.2) is 0 Å². The van der Waals surface area contributed by atoms with Gasteiger partial charge < -0.3 is 9.47 Å². The van der Waals surface area contributed by atoms with Crippen molar-refractivity contribution in [2.75, 3.05) is 14.2 Å². The molecule has 0 aromatic heterocycles. The van der Waals surface area contributed by atoms with Gasteiger partial charge in [0.05, 0.1) is 14.2 Å². The molecule has 96 valence electrons. The molecule has 0 aliphatic heterocycles. The first-order chi connectivity index (χ1) is 8.58. The van der Waals surface area contributed by atoms with Crippen molar-refractivity contribution in [2.24, 2.45) is 5.92 Å². The second-order valence-electron chi connectivity index (χ2n) is 4.69. The summed E-state index contributed by atoms with van der Waals surface area (Å²) in [7, 11) is 3.18. The Balaban J connectivity index is 2.63. The van der Waals surface area contributed by atoms with Crippen molar-refractivity contribution in [2.45, 2.75) is 20.3 Å².